The Hall–Kier alpha value is -0.950. The molecule has 2 aliphatic rings. The van der Waals surface area contributed by atoms with Crippen LogP contribution in [0.2, 0.25) is 0 Å². The molecule has 6 heteroatoms. The van der Waals surface area contributed by atoms with Gasteiger partial charge < -0.3 is 9.47 Å². The number of sulfonamides is 1. The first-order valence-corrected chi connectivity index (χ1v) is 9.14. The number of aryl methyl sites for hydroxylation is 1. The summed E-state index contributed by atoms with van der Waals surface area (Å²) < 4.78 is 38.8. The van der Waals surface area contributed by atoms with Crippen LogP contribution < -0.4 is 0 Å². The minimum Gasteiger partial charge on any atom is -0.345 e. The van der Waals surface area contributed by atoms with Gasteiger partial charge >= 0.3 is 0 Å². The SMILES string of the molecule is Cc1ccc(S(=O)(=O)N2CC[C@@H]3OC(C)(C)O[C@@H]3CC2)cc1. The molecule has 2 atom stereocenters. The molecule has 2 heterocycles. The third-order valence-electron chi connectivity index (χ3n) is 4.27. The summed E-state index contributed by atoms with van der Waals surface area (Å²) in [5.41, 5.74) is 1.05. The molecule has 0 radical (unpaired) electrons. The highest BCUT2D eigenvalue weighted by Crippen LogP contribution is 2.34. The predicted molar refractivity (Wildman–Crippen MR) is 83.0 cm³/mol. The second-order valence-electron chi connectivity index (χ2n) is 6.51. The van der Waals surface area contributed by atoms with Crippen LogP contribution in [0.15, 0.2) is 29.2 Å². The molecular formula is C16H23NO4S. The van der Waals surface area contributed by atoms with Crippen molar-refractivity contribution in [3.8, 4) is 0 Å². The van der Waals surface area contributed by atoms with Crippen LogP contribution in [0.3, 0.4) is 0 Å². The summed E-state index contributed by atoms with van der Waals surface area (Å²) in [6.45, 7) is 6.69. The summed E-state index contributed by atoms with van der Waals surface area (Å²) in [6, 6.07) is 7.00. The molecule has 2 fully saturated rings. The second-order valence-corrected chi connectivity index (χ2v) is 8.44. The third-order valence-corrected chi connectivity index (χ3v) is 6.18. The van der Waals surface area contributed by atoms with Gasteiger partial charge in [0.1, 0.15) is 0 Å². The molecule has 2 saturated heterocycles. The number of fused-ring (bicyclic) bond motifs is 1. The van der Waals surface area contributed by atoms with Crippen LogP contribution in [0, 0.1) is 6.92 Å². The molecule has 0 unspecified atom stereocenters. The van der Waals surface area contributed by atoms with E-state index in [1.54, 1.807) is 16.4 Å². The van der Waals surface area contributed by atoms with Crippen LogP contribution >= 0.6 is 0 Å². The summed E-state index contributed by atoms with van der Waals surface area (Å²) >= 11 is 0. The van der Waals surface area contributed by atoms with E-state index in [0.29, 0.717) is 30.8 Å². The summed E-state index contributed by atoms with van der Waals surface area (Å²) in [5.74, 6) is -0.562. The Morgan fingerprint density at radius 3 is 2.05 bits per heavy atom. The smallest absolute Gasteiger partial charge is 0.243 e. The first-order chi connectivity index (χ1) is 10.3. The molecular weight excluding hydrogens is 302 g/mol. The Bertz CT molecular complexity index is 621. The van der Waals surface area contributed by atoms with E-state index in [4.69, 9.17) is 9.47 Å². The largest absolute Gasteiger partial charge is 0.345 e. The Kier molecular flexibility index (Phi) is 4.05. The number of hydrogen-bond donors (Lipinski definition) is 0. The highest BCUT2D eigenvalue weighted by Gasteiger charge is 2.43. The van der Waals surface area contributed by atoms with Crippen LogP contribution in [0.5, 0.6) is 0 Å². The summed E-state index contributed by atoms with van der Waals surface area (Å²) in [7, 11) is -3.44. The van der Waals surface area contributed by atoms with Gasteiger partial charge in [0.2, 0.25) is 10.0 Å². The molecule has 0 bridgehead atoms. The van der Waals surface area contributed by atoms with Crippen molar-refractivity contribution in [2.45, 2.75) is 56.5 Å². The van der Waals surface area contributed by atoms with E-state index in [-0.39, 0.29) is 12.2 Å². The van der Waals surface area contributed by atoms with Crippen molar-refractivity contribution in [1.82, 2.24) is 4.31 Å². The highest BCUT2D eigenvalue weighted by molar-refractivity contribution is 7.89. The van der Waals surface area contributed by atoms with E-state index >= 15 is 0 Å². The summed E-state index contributed by atoms with van der Waals surface area (Å²) in [6.07, 6.45) is 1.29. The van der Waals surface area contributed by atoms with Crippen molar-refractivity contribution in [2.75, 3.05) is 13.1 Å². The lowest BCUT2D eigenvalue weighted by Crippen LogP contribution is -2.33. The predicted octanol–water partition coefficient (Wildman–Crippen LogP) is 2.30. The maximum absolute atomic E-state index is 12.7. The molecule has 0 N–H and O–H groups in total. The minimum atomic E-state index is -3.44. The van der Waals surface area contributed by atoms with Gasteiger partial charge in [-0.2, -0.15) is 4.31 Å². The fraction of sp³-hybridized carbons (Fsp3) is 0.625. The Labute approximate surface area is 132 Å². The number of ether oxygens (including phenoxy) is 2. The molecule has 22 heavy (non-hydrogen) atoms. The third kappa shape index (κ3) is 3.06. The molecule has 0 aromatic heterocycles. The first kappa shape index (κ1) is 15.9. The molecule has 2 aliphatic heterocycles. The van der Waals surface area contributed by atoms with Gasteiger partial charge in [0, 0.05) is 13.1 Å². The topological polar surface area (TPSA) is 55.8 Å². The fourth-order valence-corrected chi connectivity index (χ4v) is 4.62. The standard InChI is InChI=1S/C16H23NO4S/c1-12-4-6-13(7-5-12)22(18,19)17-10-8-14-15(9-11-17)21-16(2,3)20-14/h4-7,14-15H,8-11H2,1-3H3/t14-,15+. The van der Waals surface area contributed by atoms with Crippen molar-refractivity contribution in [3.05, 3.63) is 29.8 Å². The quantitative estimate of drug-likeness (QED) is 0.837. The molecule has 5 nitrogen and oxygen atoms in total. The van der Waals surface area contributed by atoms with Crippen molar-refractivity contribution >= 4 is 10.0 Å². The molecule has 0 aliphatic carbocycles. The Morgan fingerprint density at radius 1 is 1.05 bits per heavy atom. The highest BCUT2D eigenvalue weighted by atomic mass is 32.2. The first-order valence-electron chi connectivity index (χ1n) is 7.70. The number of benzene rings is 1. The average molecular weight is 325 g/mol. The molecule has 1 aromatic carbocycles. The van der Waals surface area contributed by atoms with Gasteiger partial charge in [-0.3, -0.25) is 0 Å². The van der Waals surface area contributed by atoms with Gasteiger partial charge in [-0.15, -0.1) is 0 Å². The summed E-state index contributed by atoms with van der Waals surface area (Å²) in [5, 5.41) is 0. The zero-order valence-electron chi connectivity index (χ0n) is 13.3. The van der Waals surface area contributed by atoms with Gasteiger partial charge in [0.15, 0.2) is 5.79 Å². The van der Waals surface area contributed by atoms with Crippen molar-refractivity contribution < 1.29 is 17.9 Å². The van der Waals surface area contributed by atoms with Gasteiger partial charge in [-0.05, 0) is 45.7 Å². The van der Waals surface area contributed by atoms with Crippen molar-refractivity contribution in [2.24, 2.45) is 0 Å². The van der Waals surface area contributed by atoms with E-state index in [9.17, 15) is 8.42 Å². The molecule has 1 aromatic rings. The lowest BCUT2D eigenvalue weighted by atomic mass is 10.1. The van der Waals surface area contributed by atoms with Gasteiger partial charge in [-0.25, -0.2) is 8.42 Å². The van der Waals surface area contributed by atoms with Crippen LogP contribution in [-0.2, 0) is 19.5 Å². The maximum atomic E-state index is 12.7. The lowest BCUT2D eigenvalue weighted by molar-refractivity contribution is -0.148. The maximum Gasteiger partial charge on any atom is 0.243 e. The lowest BCUT2D eigenvalue weighted by Gasteiger charge is -2.22. The molecule has 0 amide bonds. The van der Waals surface area contributed by atoms with Gasteiger partial charge in [0.25, 0.3) is 0 Å². The average Bonchev–Trinajstić information content (AvgIpc) is 2.60. The second kappa shape index (κ2) is 5.60. The normalized spacial score (nSPS) is 29.0. The van der Waals surface area contributed by atoms with Crippen LogP contribution in [0.4, 0.5) is 0 Å². The van der Waals surface area contributed by atoms with Gasteiger partial charge in [-0.1, -0.05) is 17.7 Å². The van der Waals surface area contributed by atoms with E-state index in [2.05, 4.69) is 0 Å². The van der Waals surface area contributed by atoms with Crippen molar-refractivity contribution in [3.63, 3.8) is 0 Å². The Morgan fingerprint density at radius 2 is 1.55 bits per heavy atom. The van der Waals surface area contributed by atoms with Crippen molar-refractivity contribution in [1.29, 1.82) is 0 Å². The number of hydrogen-bond acceptors (Lipinski definition) is 4. The molecule has 0 saturated carbocycles. The van der Waals surface area contributed by atoms with E-state index in [0.717, 1.165) is 5.56 Å². The van der Waals surface area contributed by atoms with E-state index in [1.807, 2.05) is 32.9 Å². The van der Waals surface area contributed by atoms with E-state index in [1.165, 1.54) is 0 Å². The Balaban J connectivity index is 1.76. The minimum absolute atomic E-state index is 0.0202. The van der Waals surface area contributed by atoms with Gasteiger partial charge in [0.05, 0.1) is 17.1 Å². The fourth-order valence-electron chi connectivity index (χ4n) is 3.15. The summed E-state index contributed by atoms with van der Waals surface area (Å²) in [4.78, 5) is 0.354. The van der Waals surface area contributed by atoms with Crippen LogP contribution in [0.1, 0.15) is 32.3 Å². The molecule has 0 spiro atoms. The number of nitrogens with zero attached hydrogens (tertiary/aromatic N) is 1. The van der Waals surface area contributed by atoms with Crippen LogP contribution in [-0.4, -0.2) is 43.8 Å². The zero-order valence-corrected chi connectivity index (χ0v) is 14.1. The van der Waals surface area contributed by atoms with E-state index < -0.39 is 15.8 Å². The molecule has 122 valence electrons. The monoisotopic (exact) mass is 325 g/mol. The molecule has 3 rings (SSSR count). The zero-order chi connectivity index (χ0) is 16.0. The van der Waals surface area contributed by atoms with Crippen LogP contribution in [0.25, 0.3) is 0 Å². The number of rotatable bonds is 2.